The minimum Gasteiger partial charge on any atom is -0.353 e. The average Bonchev–Trinajstić information content (AvgIpc) is 2.37. The molecule has 1 heterocycles. The summed E-state index contributed by atoms with van der Waals surface area (Å²) in [6.07, 6.45) is 2.07. The number of alkyl halides is 3. The summed E-state index contributed by atoms with van der Waals surface area (Å²) in [7, 11) is 0. The topological polar surface area (TPSA) is 18.5 Å². The summed E-state index contributed by atoms with van der Waals surface area (Å²) in [5, 5.41) is 0. The Balaban J connectivity index is 2.30. The van der Waals surface area contributed by atoms with Crippen molar-refractivity contribution in [3.05, 3.63) is 0 Å². The van der Waals surface area contributed by atoms with Crippen molar-refractivity contribution in [3.8, 4) is 0 Å². The lowest BCUT2D eigenvalue weighted by molar-refractivity contribution is -0.135. The first-order valence-corrected chi connectivity index (χ1v) is 6.22. The first-order valence-electron chi connectivity index (χ1n) is 3.84. The fourth-order valence-corrected chi connectivity index (χ4v) is 1.28. The summed E-state index contributed by atoms with van der Waals surface area (Å²) in [6.45, 7) is 2.79. The lowest BCUT2D eigenvalue weighted by Gasteiger charge is -2.24. The van der Waals surface area contributed by atoms with E-state index >= 15 is 0 Å². The highest BCUT2D eigenvalue weighted by Gasteiger charge is 2.31. The lowest BCUT2D eigenvalue weighted by atomic mass is 10.3. The van der Waals surface area contributed by atoms with E-state index in [9.17, 15) is 0 Å². The zero-order valence-corrected chi connectivity index (χ0v) is 11.5. The molecule has 1 aliphatic heterocycles. The Morgan fingerprint density at radius 2 is 2.17 bits per heavy atom. The Hall–Kier alpha value is 1.36. The summed E-state index contributed by atoms with van der Waals surface area (Å²) in [4.78, 5) is 0. The van der Waals surface area contributed by atoms with Crippen molar-refractivity contribution in [2.75, 3.05) is 6.61 Å². The highest BCUT2D eigenvalue weighted by Crippen LogP contribution is 2.39. The molecule has 72 valence electrons. The number of ether oxygens (including phenoxy) is 2. The molecule has 0 saturated carbocycles. The second kappa shape index (κ2) is 4.73. The van der Waals surface area contributed by atoms with Crippen LogP contribution in [0.3, 0.4) is 0 Å². The van der Waals surface area contributed by atoms with E-state index in [1.807, 2.05) is 6.92 Å². The standard InChI is InChI=1S/C7H11Br3O2/c1-5(7(8,9)10)12-6-3-2-4-11-6/h5-6H,2-4H2,1H3. The van der Waals surface area contributed by atoms with Gasteiger partial charge in [-0.15, -0.1) is 0 Å². The Morgan fingerprint density at radius 1 is 1.50 bits per heavy atom. The normalized spacial score (nSPS) is 27.5. The third-order valence-electron chi connectivity index (χ3n) is 1.70. The zero-order valence-electron chi connectivity index (χ0n) is 6.73. The molecule has 0 radical (unpaired) electrons. The Kier molecular flexibility index (Phi) is 4.51. The van der Waals surface area contributed by atoms with Gasteiger partial charge in [-0.1, -0.05) is 47.8 Å². The second-order valence-corrected chi connectivity index (χ2v) is 9.71. The molecule has 0 aromatic rings. The summed E-state index contributed by atoms with van der Waals surface area (Å²) in [5.74, 6) is 0. The number of rotatable bonds is 2. The van der Waals surface area contributed by atoms with Gasteiger partial charge in [0.15, 0.2) is 8.43 Å². The van der Waals surface area contributed by atoms with Gasteiger partial charge in [0.1, 0.15) is 0 Å². The molecular formula is C7H11Br3O2. The van der Waals surface area contributed by atoms with Crippen LogP contribution in [0.2, 0.25) is 0 Å². The van der Waals surface area contributed by atoms with Gasteiger partial charge < -0.3 is 9.47 Å². The van der Waals surface area contributed by atoms with Crippen molar-refractivity contribution < 1.29 is 9.47 Å². The van der Waals surface area contributed by atoms with Crippen LogP contribution in [0.4, 0.5) is 0 Å². The van der Waals surface area contributed by atoms with Crippen LogP contribution in [0.25, 0.3) is 0 Å². The van der Waals surface area contributed by atoms with Crippen LogP contribution in [-0.4, -0.2) is 21.1 Å². The van der Waals surface area contributed by atoms with Gasteiger partial charge in [-0.05, 0) is 13.3 Å². The Morgan fingerprint density at radius 3 is 2.58 bits per heavy atom. The fraction of sp³-hybridized carbons (Fsp3) is 1.00. The molecule has 1 saturated heterocycles. The van der Waals surface area contributed by atoms with Crippen molar-refractivity contribution in [1.82, 2.24) is 0 Å². The second-order valence-electron chi connectivity index (χ2n) is 2.76. The van der Waals surface area contributed by atoms with Crippen LogP contribution in [-0.2, 0) is 9.47 Å². The molecule has 0 aliphatic carbocycles. The van der Waals surface area contributed by atoms with E-state index < -0.39 is 0 Å². The number of halogens is 3. The highest BCUT2D eigenvalue weighted by atomic mass is 80.0. The van der Waals surface area contributed by atoms with Crippen molar-refractivity contribution in [3.63, 3.8) is 0 Å². The molecule has 1 fully saturated rings. The zero-order chi connectivity index (χ0) is 9.19. The van der Waals surface area contributed by atoms with Gasteiger partial charge >= 0.3 is 0 Å². The minimum atomic E-state index is -0.348. The predicted octanol–water partition coefficient (Wildman–Crippen LogP) is 3.37. The quantitative estimate of drug-likeness (QED) is 0.698. The van der Waals surface area contributed by atoms with Crippen LogP contribution in [0.5, 0.6) is 0 Å². The van der Waals surface area contributed by atoms with Crippen molar-refractivity contribution in [2.45, 2.75) is 34.3 Å². The molecule has 2 atom stereocenters. The first kappa shape index (κ1) is 11.4. The molecule has 1 rings (SSSR count). The van der Waals surface area contributed by atoms with E-state index in [1.54, 1.807) is 0 Å². The summed E-state index contributed by atoms with van der Waals surface area (Å²) in [5.41, 5.74) is 0. The lowest BCUT2D eigenvalue weighted by Crippen LogP contribution is -2.28. The van der Waals surface area contributed by atoms with E-state index in [2.05, 4.69) is 47.8 Å². The molecule has 0 aromatic carbocycles. The maximum absolute atomic E-state index is 5.61. The largest absolute Gasteiger partial charge is 0.353 e. The Bertz CT molecular complexity index is 140. The van der Waals surface area contributed by atoms with Crippen LogP contribution in [0.1, 0.15) is 19.8 Å². The van der Waals surface area contributed by atoms with E-state index in [1.165, 1.54) is 0 Å². The molecule has 0 aromatic heterocycles. The van der Waals surface area contributed by atoms with Gasteiger partial charge in [0, 0.05) is 13.0 Å². The first-order chi connectivity index (χ1) is 5.50. The molecule has 2 unspecified atom stereocenters. The van der Waals surface area contributed by atoms with Gasteiger partial charge in [0.25, 0.3) is 0 Å². The van der Waals surface area contributed by atoms with E-state index in [4.69, 9.17) is 9.47 Å². The number of hydrogen-bond acceptors (Lipinski definition) is 2. The summed E-state index contributed by atoms with van der Waals surface area (Å²) >= 11 is 10.2. The summed E-state index contributed by atoms with van der Waals surface area (Å²) < 4.78 is 10.6. The van der Waals surface area contributed by atoms with Crippen LogP contribution >= 0.6 is 47.8 Å². The van der Waals surface area contributed by atoms with E-state index in [0.717, 1.165) is 19.4 Å². The average molecular weight is 367 g/mol. The van der Waals surface area contributed by atoms with Crippen LogP contribution in [0, 0.1) is 0 Å². The van der Waals surface area contributed by atoms with Gasteiger partial charge in [0.2, 0.25) is 0 Å². The van der Waals surface area contributed by atoms with E-state index in [-0.39, 0.29) is 14.5 Å². The van der Waals surface area contributed by atoms with Gasteiger partial charge in [-0.3, -0.25) is 0 Å². The molecule has 5 heteroatoms. The predicted molar refractivity (Wildman–Crippen MR) is 59.0 cm³/mol. The summed E-state index contributed by atoms with van der Waals surface area (Å²) in [6, 6.07) is 0. The maximum atomic E-state index is 5.61. The smallest absolute Gasteiger partial charge is 0.160 e. The molecule has 1 aliphatic rings. The third kappa shape index (κ3) is 3.62. The molecule has 0 amide bonds. The SMILES string of the molecule is CC(OC1CCCO1)C(Br)(Br)Br. The van der Waals surface area contributed by atoms with Crippen molar-refractivity contribution in [1.29, 1.82) is 0 Å². The van der Waals surface area contributed by atoms with Crippen LogP contribution in [0.15, 0.2) is 0 Å². The maximum Gasteiger partial charge on any atom is 0.160 e. The van der Waals surface area contributed by atoms with E-state index in [0.29, 0.717) is 0 Å². The molecule has 0 spiro atoms. The molecule has 0 N–H and O–H groups in total. The Labute approximate surface area is 97.8 Å². The highest BCUT2D eigenvalue weighted by molar-refractivity contribution is 9.39. The van der Waals surface area contributed by atoms with Gasteiger partial charge in [-0.2, -0.15) is 0 Å². The van der Waals surface area contributed by atoms with Crippen molar-refractivity contribution >= 4 is 47.8 Å². The monoisotopic (exact) mass is 364 g/mol. The van der Waals surface area contributed by atoms with Gasteiger partial charge in [-0.25, -0.2) is 0 Å². The molecular weight excluding hydrogens is 356 g/mol. The fourth-order valence-electron chi connectivity index (χ4n) is 0.960. The van der Waals surface area contributed by atoms with Gasteiger partial charge in [0.05, 0.1) is 6.10 Å². The van der Waals surface area contributed by atoms with Crippen LogP contribution < -0.4 is 0 Å². The molecule has 0 bridgehead atoms. The molecule has 2 nitrogen and oxygen atoms in total. The minimum absolute atomic E-state index is 0.0144. The van der Waals surface area contributed by atoms with Crippen molar-refractivity contribution in [2.24, 2.45) is 0 Å². The number of hydrogen-bond donors (Lipinski definition) is 0. The third-order valence-corrected chi connectivity index (χ3v) is 3.64. The molecule has 12 heavy (non-hydrogen) atoms.